The Labute approximate surface area is 150 Å². The number of aryl methyl sites for hydroxylation is 1. The molecular formula is C15H20N4O4S2. The first-order valence-electron chi connectivity index (χ1n) is 7.54. The summed E-state index contributed by atoms with van der Waals surface area (Å²) < 4.78 is 32.8. The normalized spacial score (nSPS) is 12.6. The van der Waals surface area contributed by atoms with E-state index < -0.39 is 16.1 Å². The number of amides is 1. The molecule has 8 nitrogen and oxygen atoms in total. The van der Waals surface area contributed by atoms with E-state index in [-0.39, 0.29) is 15.4 Å². The second kappa shape index (κ2) is 7.89. The van der Waals surface area contributed by atoms with Crippen LogP contribution in [0.1, 0.15) is 37.4 Å². The summed E-state index contributed by atoms with van der Waals surface area (Å²) in [6, 6.07) is 5.10. The Morgan fingerprint density at radius 2 is 2.08 bits per heavy atom. The highest BCUT2D eigenvalue weighted by Crippen LogP contribution is 2.27. The van der Waals surface area contributed by atoms with Gasteiger partial charge in [-0.25, -0.2) is 13.1 Å². The number of rotatable bonds is 7. The van der Waals surface area contributed by atoms with Gasteiger partial charge in [-0.05, 0) is 30.5 Å². The van der Waals surface area contributed by atoms with E-state index in [1.807, 2.05) is 32.0 Å². The lowest BCUT2D eigenvalue weighted by atomic mass is 10.0. The summed E-state index contributed by atoms with van der Waals surface area (Å²) in [7, 11) is -2.26. The molecule has 25 heavy (non-hydrogen) atoms. The summed E-state index contributed by atoms with van der Waals surface area (Å²) in [6.45, 7) is 5.09. The lowest BCUT2D eigenvalue weighted by molar-refractivity contribution is -0.114. The number of methoxy groups -OCH3 is 1. The minimum atomic E-state index is -3.85. The number of nitrogens with one attached hydrogen (secondary N) is 2. The second-order valence-corrected chi connectivity index (χ2v) is 8.23. The number of carbonyl (C=O) groups is 1. The van der Waals surface area contributed by atoms with Gasteiger partial charge < -0.3 is 10.1 Å². The van der Waals surface area contributed by atoms with Crippen molar-refractivity contribution in [3.05, 3.63) is 29.3 Å². The molecule has 0 radical (unpaired) electrons. The first-order valence-corrected chi connectivity index (χ1v) is 9.84. The number of ether oxygens (including phenoxy) is 1. The summed E-state index contributed by atoms with van der Waals surface area (Å²) in [4.78, 5) is 11.0. The number of hydrogen-bond donors (Lipinski definition) is 2. The number of hydrogen-bond acceptors (Lipinski definition) is 7. The molecule has 0 bridgehead atoms. The molecule has 0 aliphatic heterocycles. The van der Waals surface area contributed by atoms with Crippen LogP contribution in [0.2, 0.25) is 0 Å². The van der Waals surface area contributed by atoms with Crippen LogP contribution >= 0.6 is 11.3 Å². The van der Waals surface area contributed by atoms with Crippen LogP contribution in [-0.2, 0) is 14.8 Å². The van der Waals surface area contributed by atoms with Gasteiger partial charge in [0.05, 0.1) is 7.11 Å². The molecule has 0 aliphatic carbocycles. The number of aromatic nitrogens is 2. The lowest BCUT2D eigenvalue weighted by Gasteiger charge is -2.17. The van der Waals surface area contributed by atoms with Gasteiger partial charge in [0.15, 0.2) is 0 Å². The topological polar surface area (TPSA) is 110 Å². The molecule has 136 valence electrons. The minimum absolute atomic E-state index is 0.140. The Morgan fingerprint density at radius 3 is 2.64 bits per heavy atom. The molecule has 2 N–H and O–H groups in total. The zero-order chi connectivity index (χ0) is 18.6. The van der Waals surface area contributed by atoms with Crippen LogP contribution in [0, 0.1) is 6.92 Å². The average Bonchev–Trinajstić information content (AvgIpc) is 3.01. The molecule has 0 fully saturated rings. The first-order chi connectivity index (χ1) is 11.8. The minimum Gasteiger partial charge on any atom is -0.496 e. The maximum atomic E-state index is 12.5. The van der Waals surface area contributed by atoms with Crippen molar-refractivity contribution in [2.75, 3.05) is 12.4 Å². The van der Waals surface area contributed by atoms with Crippen LogP contribution in [0.3, 0.4) is 0 Å². The summed E-state index contributed by atoms with van der Waals surface area (Å²) in [5.41, 5.74) is 1.75. The maximum absolute atomic E-state index is 12.5. The first kappa shape index (κ1) is 19.3. The molecule has 1 aromatic carbocycles. The highest BCUT2D eigenvalue weighted by Gasteiger charge is 2.25. The molecular weight excluding hydrogens is 364 g/mol. The molecule has 1 atom stereocenters. The number of anilines is 1. The predicted molar refractivity (Wildman–Crippen MR) is 95.3 cm³/mol. The van der Waals surface area contributed by atoms with Crippen molar-refractivity contribution in [2.24, 2.45) is 0 Å². The Balaban J connectivity index is 2.23. The highest BCUT2D eigenvalue weighted by atomic mass is 32.2. The monoisotopic (exact) mass is 384 g/mol. The van der Waals surface area contributed by atoms with Crippen LogP contribution in [0.4, 0.5) is 5.13 Å². The van der Waals surface area contributed by atoms with E-state index in [0.29, 0.717) is 6.42 Å². The molecule has 10 heteroatoms. The third-order valence-electron chi connectivity index (χ3n) is 3.45. The average molecular weight is 384 g/mol. The van der Waals surface area contributed by atoms with Crippen molar-refractivity contribution in [3.63, 3.8) is 0 Å². The van der Waals surface area contributed by atoms with Crippen molar-refractivity contribution in [1.29, 1.82) is 0 Å². The van der Waals surface area contributed by atoms with Gasteiger partial charge in [0.2, 0.25) is 15.4 Å². The fraction of sp³-hybridized carbons (Fsp3) is 0.400. The standard InChI is InChI=1S/C15H20N4O4S2/c1-5-12(11-6-7-13(23-4)9(2)8-11)19-25(21,22)15-18-17-14(24-15)16-10(3)20/h6-8,12,19H,5H2,1-4H3,(H,16,17,20)/t12-/m0/s1. The molecule has 0 spiro atoms. The van der Waals surface area contributed by atoms with E-state index in [0.717, 1.165) is 28.2 Å². The van der Waals surface area contributed by atoms with E-state index in [9.17, 15) is 13.2 Å². The van der Waals surface area contributed by atoms with Gasteiger partial charge in [0.1, 0.15) is 5.75 Å². The van der Waals surface area contributed by atoms with Gasteiger partial charge in [-0.3, -0.25) is 4.79 Å². The quantitative estimate of drug-likeness (QED) is 0.709. The zero-order valence-corrected chi connectivity index (χ0v) is 16.0. The third-order valence-corrected chi connectivity index (χ3v) is 6.12. The number of nitrogens with zero attached hydrogens (tertiary/aromatic N) is 2. The smallest absolute Gasteiger partial charge is 0.270 e. The predicted octanol–water partition coefficient (Wildman–Crippen LogP) is 2.24. The lowest BCUT2D eigenvalue weighted by Crippen LogP contribution is -2.28. The summed E-state index contributed by atoms with van der Waals surface area (Å²) in [6.07, 6.45) is 0.558. The van der Waals surface area contributed by atoms with Crippen LogP contribution in [0.15, 0.2) is 22.5 Å². The molecule has 0 unspecified atom stereocenters. The zero-order valence-electron chi connectivity index (χ0n) is 14.4. The Bertz CT molecular complexity index is 864. The summed E-state index contributed by atoms with van der Waals surface area (Å²) in [5, 5.41) is 9.87. The van der Waals surface area contributed by atoms with E-state index in [1.165, 1.54) is 6.92 Å². The van der Waals surface area contributed by atoms with Crippen LogP contribution in [0.5, 0.6) is 5.75 Å². The van der Waals surface area contributed by atoms with Crippen molar-refractivity contribution in [3.8, 4) is 5.75 Å². The van der Waals surface area contributed by atoms with Crippen molar-refractivity contribution in [1.82, 2.24) is 14.9 Å². The Kier molecular flexibility index (Phi) is 6.09. The molecule has 1 heterocycles. The fourth-order valence-electron chi connectivity index (χ4n) is 2.26. The van der Waals surface area contributed by atoms with Crippen LogP contribution in [0.25, 0.3) is 0 Å². The van der Waals surface area contributed by atoms with Crippen LogP contribution in [-0.4, -0.2) is 31.6 Å². The van der Waals surface area contributed by atoms with E-state index in [4.69, 9.17) is 4.74 Å². The highest BCUT2D eigenvalue weighted by molar-refractivity contribution is 7.91. The molecule has 1 amide bonds. The molecule has 0 saturated heterocycles. The van der Waals surface area contributed by atoms with Crippen molar-refractivity contribution in [2.45, 2.75) is 37.6 Å². The van der Waals surface area contributed by atoms with Gasteiger partial charge in [-0.15, -0.1) is 10.2 Å². The third kappa shape index (κ3) is 4.74. The van der Waals surface area contributed by atoms with Gasteiger partial charge in [0, 0.05) is 13.0 Å². The summed E-state index contributed by atoms with van der Waals surface area (Å²) in [5.74, 6) is 0.402. The second-order valence-electron chi connectivity index (χ2n) is 5.37. The molecule has 2 rings (SSSR count). The van der Waals surface area contributed by atoms with Gasteiger partial charge in [-0.2, -0.15) is 0 Å². The largest absolute Gasteiger partial charge is 0.496 e. The number of sulfonamides is 1. The van der Waals surface area contributed by atoms with Gasteiger partial charge in [0.25, 0.3) is 10.0 Å². The molecule has 0 aliphatic rings. The van der Waals surface area contributed by atoms with Crippen molar-refractivity contribution < 1.29 is 17.9 Å². The van der Waals surface area contributed by atoms with Gasteiger partial charge in [-0.1, -0.05) is 30.4 Å². The molecule has 1 aromatic heterocycles. The number of carbonyl (C=O) groups excluding carboxylic acids is 1. The van der Waals surface area contributed by atoms with E-state index in [1.54, 1.807) is 7.11 Å². The SMILES string of the molecule is CC[C@H](NS(=O)(=O)c1nnc(NC(C)=O)s1)c1ccc(OC)c(C)c1. The molecule has 2 aromatic rings. The van der Waals surface area contributed by atoms with Gasteiger partial charge >= 0.3 is 0 Å². The van der Waals surface area contributed by atoms with E-state index in [2.05, 4.69) is 20.2 Å². The fourth-order valence-corrected chi connectivity index (χ4v) is 4.53. The maximum Gasteiger partial charge on any atom is 0.270 e. The van der Waals surface area contributed by atoms with Crippen molar-refractivity contribution >= 4 is 32.4 Å². The number of benzene rings is 1. The van der Waals surface area contributed by atoms with Crippen LogP contribution < -0.4 is 14.8 Å². The Hall–Kier alpha value is -2.04. The van der Waals surface area contributed by atoms with E-state index >= 15 is 0 Å². The Morgan fingerprint density at radius 1 is 1.36 bits per heavy atom. The summed E-state index contributed by atoms with van der Waals surface area (Å²) >= 11 is 0.800. The molecule has 0 saturated carbocycles.